The summed E-state index contributed by atoms with van der Waals surface area (Å²) in [4.78, 5) is 4.38. The number of rotatable bonds is 3. The molecular formula is C14H16ClNO. The Kier molecular flexibility index (Phi) is 3.36. The van der Waals surface area contributed by atoms with Crippen LogP contribution >= 0.6 is 11.6 Å². The Hall–Kier alpha value is -1.12. The molecule has 1 N–H and O–H groups in total. The van der Waals surface area contributed by atoms with Gasteiger partial charge in [0.05, 0.1) is 5.52 Å². The summed E-state index contributed by atoms with van der Waals surface area (Å²) in [5, 5.41) is 10.9. The third-order valence-electron chi connectivity index (χ3n) is 2.85. The molecule has 2 aromatic rings. The van der Waals surface area contributed by atoms with Gasteiger partial charge in [0.1, 0.15) is 5.15 Å². The van der Waals surface area contributed by atoms with Gasteiger partial charge in [0.2, 0.25) is 0 Å². The maximum atomic E-state index is 9.30. The lowest BCUT2D eigenvalue weighted by molar-refractivity contribution is 0.159. The lowest BCUT2D eigenvalue weighted by Gasteiger charge is -2.22. The van der Waals surface area contributed by atoms with Crippen molar-refractivity contribution in [2.45, 2.75) is 20.3 Å². The molecule has 0 aliphatic heterocycles. The van der Waals surface area contributed by atoms with Gasteiger partial charge in [0.25, 0.3) is 0 Å². The minimum atomic E-state index is -0.173. The lowest BCUT2D eigenvalue weighted by Crippen LogP contribution is -2.20. The quantitative estimate of drug-likeness (QED) is 0.846. The van der Waals surface area contributed by atoms with Crippen molar-refractivity contribution >= 4 is 22.5 Å². The van der Waals surface area contributed by atoms with Crippen LogP contribution in [0.2, 0.25) is 5.15 Å². The number of benzene rings is 1. The number of aliphatic hydroxyl groups is 1. The molecule has 1 heterocycles. The van der Waals surface area contributed by atoms with Crippen molar-refractivity contribution in [3.8, 4) is 0 Å². The maximum absolute atomic E-state index is 9.30. The van der Waals surface area contributed by atoms with Crippen molar-refractivity contribution in [2.75, 3.05) is 6.61 Å². The second-order valence-corrected chi connectivity index (χ2v) is 5.49. The molecule has 0 spiro atoms. The van der Waals surface area contributed by atoms with Gasteiger partial charge in [-0.1, -0.05) is 43.6 Å². The van der Waals surface area contributed by atoms with Crippen LogP contribution in [0.15, 0.2) is 30.3 Å². The number of hydrogen-bond donors (Lipinski definition) is 1. The number of fused-ring (bicyclic) bond motifs is 1. The number of aliphatic hydroxyl groups excluding tert-OH is 1. The Labute approximate surface area is 106 Å². The highest BCUT2D eigenvalue weighted by molar-refractivity contribution is 6.30. The highest BCUT2D eigenvalue weighted by Crippen LogP contribution is 2.27. The number of hydrogen-bond acceptors (Lipinski definition) is 2. The summed E-state index contributed by atoms with van der Waals surface area (Å²) in [7, 11) is 0. The minimum absolute atomic E-state index is 0.135. The number of halogens is 1. The van der Waals surface area contributed by atoms with Gasteiger partial charge in [0, 0.05) is 12.0 Å². The lowest BCUT2D eigenvalue weighted by atomic mass is 9.87. The SMILES string of the molecule is CC(C)(CO)Cc1cc2ccccc2nc1Cl. The Morgan fingerprint density at radius 3 is 2.71 bits per heavy atom. The van der Waals surface area contributed by atoms with E-state index in [0.29, 0.717) is 5.15 Å². The molecule has 0 atom stereocenters. The summed E-state index contributed by atoms with van der Waals surface area (Å²) in [6.45, 7) is 4.16. The molecule has 0 saturated carbocycles. The number of para-hydroxylation sites is 1. The van der Waals surface area contributed by atoms with Gasteiger partial charge < -0.3 is 5.11 Å². The second kappa shape index (κ2) is 4.63. The standard InChI is InChI=1S/C14H16ClNO/c1-14(2,9-17)8-11-7-10-5-3-4-6-12(10)16-13(11)15/h3-7,17H,8-9H2,1-2H3. The monoisotopic (exact) mass is 249 g/mol. The van der Waals surface area contributed by atoms with Crippen molar-refractivity contribution in [3.63, 3.8) is 0 Å². The molecule has 0 unspecified atom stereocenters. The summed E-state index contributed by atoms with van der Waals surface area (Å²) in [5.41, 5.74) is 1.72. The zero-order valence-electron chi connectivity index (χ0n) is 10.1. The Morgan fingerprint density at radius 2 is 2.00 bits per heavy atom. The van der Waals surface area contributed by atoms with E-state index in [1.165, 1.54) is 0 Å². The predicted octanol–water partition coefficient (Wildman–Crippen LogP) is 3.45. The molecule has 1 aromatic heterocycles. The van der Waals surface area contributed by atoms with Gasteiger partial charge in [-0.25, -0.2) is 4.98 Å². The van der Waals surface area contributed by atoms with Crippen LogP contribution in [0.1, 0.15) is 19.4 Å². The third-order valence-corrected chi connectivity index (χ3v) is 3.17. The van der Waals surface area contributed by atoms with Crippen LogP contribution in [0.4, 0.5) is 0 Å². The molecule has 0 bridgehead atoms. The fraction of sp³-hybridized carbons (Fsp3) is 0.357. The van der Waals surface area contributed by atoms with Crippen molar-refractivity contribution < 1.29 is 5.11 Å². The smallest absolute Gasteiger partial charge is 0.132 e. The molecule has 0 amide bonds. The summed E-state index contributed by atoms with van der Waals surface area (Å²) in [6, 6.07) is 9.96. The number of nitrogens with zero attached hydrogens (tertiary/aromatic N) is 1. The van der Waals surface area contributed by atoms with Gasteiger partial charge in [-0.15, -0.1) is 0 Å². The van der Waals surface area contributed by atoms with Crippen molar-refractivity contribution in [1.29, 1.82) is 0 Å². The highest BCUT2D eigenvalue weighted by Gasteiger charge is 2.19. The van der Waals surface area contributed by atoms with E-state index in [4.69, 9.17) is 11.6 Å². The highest BCUT2D eigenvalue weighted by atomic mass is 35.5. The first-order chi connectivity index (χ1) is 8.02. The average Bonchev–Trinajstić information content (AvgIpc) is 2.30. The van der Waals surface area contributed by atoms with Crippen molar-refractivity contribution in [1.82, 2.24) is 4.98 Å². The molecule has 1 aromatic carbocycles. The van der Waals surface area contributed by atoms with E-state index in [9.17, 15) is 5.11 Å². The summed E-state index contributed by atoms with van der Waals surface area (Å²) >= 11 is 6.17. The second-order valence-electron chi connectivity index (χ2n) is 5.13. The first-order valence-electron chi connectivity index (χ1n) is 5.67. The van der Waals surface area contributed by atoms with Gasteiger partial charge in [0.15, 0.2) is 0 Å². The third kappa shape index (κ3) is 2.76. The first-order valence-corrected chi connectivity index (χ1v) is 6.05. The van der Waals surface area contributed by atoms with Gasteiger partial charge in [-0.3, -0.25) is 0 Å². The topological polar surface area (TPSA) is 33.1 Å². The zero-order chi connectivity index (χ0) is 12.5. The Bertz CT molecular complexity index is 537. The largest absolute Gasteiger partial charge is 0.396 e. The summed E-state index contributed by atoms with van der Waals surface area (Å²) < 4.78 is 0. The Morgan fingerprint density at radius 1 is 1.29 bits per heavy atom. The van der Waals surface area contributed by atoms with E-state index >= 15 is 0 Å². The van der Waals surface area contributed by atoms with E-state index in [1.807, 2.05) is 38.1 Å². The molecule has 17 heavy (non-hydrogen) atoms. The zero-order valence-corrected chi connectivity index (χ0v) is 10.8. The van der Waals surface area contributed by atoms with Crippen LogP contribution in [0.3, 0.4) is 0 Å². The fourth-order valence-corrected chi connectivity index (χ4v) is 2.04. The molecular weight excluding hydrogens is 234 g/mol. The number of pyridine rings is 1. The van der Waals surface area contributed by atoms with E-state index in [1.54, 1.807) is 0 Å². The van der Waals surface area contributed by atoms with Crippen molar-refractivity contribution in [3.05, 3.63) is 41.0 Å². The minimum Gasteiger partial charge on any atom is -0.396 e. The molecule has 0 radical (unpaired) electrons. The van der Waals surface area contributed by atoms with Gasteiger partial charge in [-0.2, -0.15) is 0 Å². The van der Waals surface area contributed by atoms with E-state index in [2.05, 4.69) is 11.1 Å². The predicted molar refractivity (Wildman–Crippen MR) is 71.3 cm³/mol. The van der Waals surface area contributed by atoms with E-state index < -0.39 is 0 Å². The van der Waals surface area contributed by atoms with E-state index in [-0.39, 0.29) is 12.0 Å². The maximum Gasteiger partial charge on any atom is 0.132 e. The van der Waals surface area contributed by atoms with Crippen LogP contribution in [0.25, 0.3) is 10.9 Å². The van der Waals surface area contributed by atoms with Crippen LogP contribution in [0, 0.1) is 5.41 Å². The summed E-state index contributed by atoms with van der Waals surface area (Å²) in [5.74, 6) is 0. The fourth-order valence-electron chi connectivity index (χ4n) is 1.83. The van der Waals surface area contributed by atoms with Gasteiger partial charge in [-0.05, 0) is 29.5 Å². The molecule has 0 fully saturated rings. The molecule has 2 nitrogen and oxygen atoms in total. The molecule has 0 aliphatic carbocycles. The average molecular weight is 250 g/mol. The molecule has 3 heteroatoms. The molecule has 0 saturated heterocycles. The van der Waals surface area contributed by atoms with Crippen LogP contribution in [-0.2, 0) is 6.42 Å². The van der Waals surface area contributed by atoms with Crippen LogP contribution < -0.4 is 0 Å². The number of aromatic nitrogens is 1. The van der Waals surface area contributed by atoms with E-state index in [0.717, 1.165) is 22.9 Å². The normalized spacial score (nSPS) is 12.0. The summed E-state index contributed by atoms with van der Waals surface area (Å²) in [6.07, 6.45) is 0.722. The molecule has 0 aliphatic rings. The Balaban J connectivity index is 2.44. The van der Waals surface area contributed by atoms with Crippen LogP contribution in [0.5, 0.6) is 0 Å². The first kappa shape index (κ1) is 12.3. The van der Waals surface area contributed by atoms with Gasteiger partial charge >= 0.3 is 0 Å². The molecule has 2 rings (SSSR count). The van der Waals surface area contributed by atoms with Crippen LogP contribution in [-0.4, -0.2) is 16.7 Å². The van der Waals surface area contributed by atoms with Crippen molar-refractivity contribution in [2.24, 2.45) is 5.41 Å². The molecule has 90 valence electrons.